The molecule has 0 heterocycles. The van der Waals surface area contributed by atoms with Gasteiger partial charge in [0, 0.05) is 6.61 Å². The second-order valence-electron chi connectivity index (χ2n) is 3.69. The highest BCUT2D eigenvalue weighted by molar-refractivity contribution is 7.85. The lowest BCUT2D eigenvalue weighted by Gasteiger charge is -2.11. The molecule has 0 amide bonds. The topological polar surface area (TPSA) is 112 Å². The predicted octanol–water partition coefficient (Wildman–Crippen LogP) is 0.0811. The summed E-state index contributed by atoms with van der Waals surface area (Å²) in [7, 11) is -3.67. The van der Waals surface area contributed by atoms with Gasteiger partial charge in [0.15, 0.2) is 6.29 Å². The molecule has 8 nitrogen and oxygen atoms in total. The maximum atomic E-state index is 9.20. The van der Waals surface area contributed by atoms with Crippen LogP contribution in [0.25, 0.3) is 0 Å². The maximum absolute atomic E-state index is 9.20. The summed E-state index contributed by atoms with van der Waals surface area (Å²) in [5, 5.41) is 9.20. The van der Waals surface area contributed by atoms with Gasteiger partial charge in [0.2, 0.25) is 0 Å². The van der Waals surface area contributed by atoms with Gasteiger partial charge in [-0.2, -0.15) is 8.42 Å². The van der Waals surface area contributed by atoms with Gasteiger partial charge in [0.1, 0.15) is 0 Å². The van der Waals surface area contributed by atoms with Crippen molar-refractivity contribution < 1.29 is 37.0 Å². The summed E-state index contributed by atoms with van der Waals surface area (Å²) in [5.41, 5.74) is 0. The van der Waals surface area contributed by atoms with E-state index in [2.05, 4.69) is 6.58 Å². The third-order valence-electron chi connectivity index (χ3n) is 1.62. The first-order chi connectivity index (χ1) is 9.81. The van der Waals surface area contributed by atoms with Crippen molar-refractivity contribution in [2.75, 3.05) is 52.5 Å². The van der Waals surface area contributed by atoms with E-state index < -0.39 is 16.4 Å². The molecule has 9 heteroatoms. The fourth-order valence-electron chi connectivity index (χ4n) is 0.893. The quantitative estimate of drug-likeness (QED) is 0.224. The van der Waals surface area contributed by atoms with Crippen molar-refractivity contribution in [1.82, 2.24) is 0 Å². The molecule has 0 aliphatic carbocycles. The Labute approximate surface area is 126 Å². The van der Waals surface area contributed by atoms with Crippen LogP contribution in [0.15, 0.2) is 12.7 Å². The molecular weight excluding hydrogens is 304 g/mol. The number of hydrogen-bond donors (Lipinski definition) is 2. The van der Waals surface area contributed by atoms with Gasteiger partial charge in [-0.15, -0.1) is 6.58 Å². The first-order valence-electron chi connectivity index (χ1n) is 6.37. The van der Waals surface area contributed by atoms with Crippen molar-refractivity contribution in [1.29, 1.82) is 0 Å². The first kappa shape index (κ1) is 22.7. The molecule has 0 bridgehead atoms. The molecule has 0 spiro atoms. The summed E-state index contributed by atoms with van der Waals surface area (Å²) in [5.74, 6) is 0. The Morgan fingerprint density at radius 3 is 2.10 bits per heavy atom. The lowest BCUT2D eigenvalue weighted by atomic mass is 10.6. The van der Waals surface area contributed by atoms with Gasteiger partial charge in [-0.1, -0.05) is 6.08 Å². The standard InChI is InChI=1S/C11H22O5.CH4O3S/c1-3-5-16-11(12)10-15-9-8-14-7-6-13-4-2;1-5(2,3)4/h3,11-12H,1,4-10H2,2H3;1H3,(H,2,3,4). The maximum Gasteiger partial charge on any atom is 0.261 e. The van der Waals surface area contributed by atoms with Gasteiger partial charge < -0.3 is 24.1 Å². The zero-order valence-electron chi connectivity index (χ0n) is 12.6. The van der Waals surface area contributed by atoms with E-state index in [9.17, 15) is 13.5 Å². The zero-order valence-corrected chi connectivity index (χ0v) is 13.4. The van der Waals surface area contributed by atoms with E-state index in [1.807, 2.05) is 6.92 Å². The molecule has 0 aromatic rings. The van der Waals surface area contributed by atoms with Gasteiger partial charge in [-0.3, -0.25) is 4.55 Å². The number of ether oxygens (including phenoxy) is 4. The van der Waals surface area contributed by atoms with Crippen LogP contribution in [-0.2, 0) is 29.1 Å². The van der Waals surface area contributed by atoms with E-state index in [0.717, 1.165) is 0 Å². The molecule has 1 atom stereocenters. The Hall–Kier alpha value is -0.550. The fraction of sp³-hybridized carbons (Fsp3) is 0.833. The highest BCUT2D eigenvalue weighted by atomic mass is 32.2. The average Bonchev–Trinajstić information content (AvgIpc) is 2.37. The van der Waals surface area contributed by atoms with E-state index in [1.165, 1.54) is 0 Å². The Kier molecular flexibility index (Phi) is 17.1. The molecule has 0 fully saturated rings. The Morgan fingerprint density at radius 1 is 1.14 bits per heavy atom. The number of hydrogen-bond acceptors (Lipinski definition) is 7. The summed E-state index contributed by atoms with van der Waals surface area (Å²) in [6.07, 6.45) is 1.38. The summed E-state index contributed by atoms with van der Waals surface area (Å²) in [4.78, 5) is 0. The molecule has 21 heavy (non-hydrogen) atoms. The summed E-state index contributed by atoms with van der Waals surface area (Å²) in [6, 6.07) is 0. The van der Waals surface area contributed by atoms with Gasteiger partial charge >= 0.3 is 0 Å². The predicted molar refractivity (Wildman–Crippen MR) is 77.8 cm³/mol. The number of aliphatic hydroxyl groups is 1. The molecule has 2 N–H and O–H groups in total. The largest absolute Gasteiger partial charge is 0.379 e. The van der Waals surface area contributed by atoms with Gasteiger partial charge in [-0.05, 0) is 6.92 Å². The van der Waals surface area contributed by atoms with Crippen LogP contribution >= 0.6 is 0 Å². The molecule has 1 unspecified atom stereocenters. The Morgan fingerprint density at radius 2 is 1.62 bits per heavy atom. The van der Waals surface area contributed by atoms with Crippen LogP contribution < -0.4 is 0 Å². The monoisotopic (exact) mass is 330 g/mol. The second-order valence-corrected chi connectivity index (χ2v) is 5.16. The van der Waals surface area contributed by atoms with Crippen LogP contribution in [0.2, 0.25) is 0 Å². The molecule has 0 saturated carbocycles. The van der Waals surface area contributed by atoms with E-state index in [4.69, 9.17) is 23.5 Å². The van der Waals surface area contributed by atoms with Crippen LogP contribution in [0.3, 0.4) is 0 Å². The van der Waals surface area contributed by atoms with Crippen LogP contribution in [0.4, 0.5) is 0 Å². The minimum atomic E-state index is -3.67. The summed E-state index contributed by atoms with van der Waals surface area (Å²) in [6.45, 7) is 8.64. The fourth-order valence-corrected chi connectivity index (χ4v) is 0.893. The van der Waals surface area contributed by atoms with E-state index >= 15 is 0 Å². The van der Waals surface area contributed by atoms with Crippen molar-refractivity contribution >= 4 is 10.1 Å². The molecule has 0 radical (unpaired) electrons. The zero-order chi connectivity index (χ0) is 16.6. The van der Waals surface area contributed by atoms with Crippen molar-refractivity contribution in [2.45, 2.75) is 13.2 Å². The van der Waals surface area contributed by atoms with Crippen LogP contribution in [0, 0.1) is 0 Å². The molecule has 128 valence electrons. The third-order valence-corrected chi connectivity index (χ3v) is 1.62. The molecule has 0 aliphatic rings. The lowest BCUT2D eigenvalue weighted by molar-refractivity contribution is -0.133. The minimum Gasteiger partial charge on any atom is -0.379 e. The number of aliphatic hydroxyl groups excluding tert-OH is 1. The third kappa shape index (κ3) is 32.7. The van der Waals surface area contributed by atoms with Gasteiger partial charge in [0.05, 0.1) is 45.9 Å². The normalized spacial score (nSPS) is 12.4. The van der Waals surface area contributed by atoms with Gasteiger partial charge in [0.25, 0.3) is 10.1 Å². The molecule has 0 aliphatic heterocycles. The second kappa shape index (κ2) is 15.8. The lowest BCUT2D eigenvalue weighted by Crippen LogP contribution is -2.21. The van der Waals surface area contributed by atoms with Crippen LogP contribution in [0.5, 0.6) is 0 Å². The first-order valence-corrected chi connectivity index (χ1v) is 8.22. The van der Waals surface area contributed by atoms with Crippen molar-refractivity contribution in [2.24, 2.45) is 0 Å². The van der Waals surface area contributed by atoms with Crippen LogP contribution in [0.1, 0.15) is 6.92 Å². The van der Waals surface area contributed by atoms with E-state index in [1.54, 1.807) is 6.08 Å². The molecule has 0 aromatic carbocycles. The van der Waals surface area contributed by atoms with Crippen molar-refractivity contribution in [3.05, 3.63) is 12.7 Å². The van der Waals surface area contributed by atoms with Gasteiger partial charge in [-0.25, -0.2) is 0 Å². The molecule has 0 saturated heterocycles. The Bertz CT molecular complexity index is 309. The highest BCUT2D eigenvalue weighted by Crippen LogP contribution is 1.89. The molecule has 0 aromatic heterocycles. The average molecular weight is 330 g/mol. The smallest absolute Gasteiger partial charge is 0.261 e. The molecule has 0 rings (SSSR count). The van der Waals surface area contributed by atoms with Crippen LogP contribution in [-0.4, -0.2) is 76.9 Å². The van der Waals surface area contributed by atoms with Crippen molar-refractivity contribution in [3.63, 3.8) is 0 Å². The highest BCUT2D eigenvalue weighted by Gasteiger charge is 2.02. The summed E-state index contributed by atoms with van der Waals surface area (Å²) >= 11 is 0. The van der Waals surface area contributed by atoms with E-state index in [0.29, 0.717) is 45.9 Å². The Balaban J connectivity index is 0. The SMILES string of the molecule is C=CCOC(O)COCCOCCOCC.CS(=O)(=O)O. The van der Waals surface area contributed by atoms with Crippen molar-refractivity contribution in [3.8, 4) is 0 Å². The summed E-state index contributed by atoms with van der Waals surface area (Å²) < 4.78 is 46.2. The minimum absolute atomic E-state index is 0.142. The molecular formula is C12H26O8S. The van der Waals surface area contributed by atoms with E-state index in [-0.39, 0.29) is 6.61 Å². The number of rotatable bonds is 12.